The number of hydrogen-bond acceptors (Lipinski definition) is 3. The van der Waals surface area contributed by atoms with Gasteiger partial charge in [-0.2, -0.15) is 0 Å². The first kappa shape index (κ1) is 24.3. The molecule has 0 saturated carbocycles. The van der Waals surface area contributed by atoms with Gasteiger partial charge >= 0.3 is 8.60 Å². The molecule has 3 nitrogen and oxygen atoms in total. The Bertz CT molecular complexity index is 205. The summed E-state index contributed by atoms with van der Waals surface area (Å²) in [5, 5.41) is 0. The highest BCUT2D eigenvalue weighted by Gasteiger charge is 2.05. The third-order valence-electron chi connectivity index (χ3n) is 4.40. The van der Waals surface area contributed by atoms with Crippen LogP contribution in [0, 0.1) is 0 Å². The molecule has 0 aromatic heterocycles. The Hall–Kier alpha value is 0.310. The second-order valence-corrected chi connectivity index (χ2v) is 7.85. The highest BCUT2D eigenvalue weighted by atomic mass is 31.2. The highest BCUT2D eigenvalue weighted by molar-refractivity contribution is 7.40. The third kappa shape index (κ3) is 20.4. The monoisotopic (exact) mass is 362 g/mol. The predicted molar refractivity (Wildman–Crippen MR) is 106 cm³/mol. The van der Waals surface area contributed by atoms with E-state index in [1.165, 1.54) is 89.9 Å². The summed E-state index contributed by atoms with van der Waals surface area (Å²) in [6, 6.07) is 0. The maximum atomic E-state index is 9.67. The van der Waals surface area contributed by atoms with Crippen LogP contribution < -0.4 is 0 Å². The first-order chi connectivity index (χ1) is 11.8. The van der Waals surface area contributed by atoms with Crippen molar-refractivity contribution in [2.75, 3.05) is 13.2 Å². The van der Waals surface area contributed by atoms with Gasteiger partial charge in [0.25, 0.3) is 0 Å². The molecule has 0 radical (unpaired) electrons. The number of rotatable bonds is 20. The molecule has 0 rings (SSSR count). The van der Waals surface area contributed by atoms with E-state index in [1.807, 2.05) is 0 Å². The van der Waals surface area contributed by atoms with Gasteiger partial charge in [0.05, 0.1) is 13.2 Å². The lowest BCUT2D eigenvalue weighted by molar-refractivity contribution is 0.193. The van der Waals surface area contributed by atoms with Crippen molar-refractivity contribution in [1.82, 2.24) is 0 Å². The van der Waals surface area contributed by atoms with E-state index >= 15 is 0 Å². The van der Waals surface area contributed by atoms with Crippen LogP contribution in [-0.4, -0.2) is 18.1 Å². The molecule has 0 aromatic rings. The van der Waals surface area contributed by atoms with Crippen LogP contribution in [0.1, 0.15) is 117 Å². The Morgan fingerprint density at radius 1 is 0.500 bits per heavy atom. The largest absolute Gasteiger partial charge is 0.329 e. The first-order valence-electron chi connectivity index (χ1n) is 10.6. The molecule has 0 aliphatic carbocycles. The van der Waals surface area contributed by atoms with E-state index in [1.54, 1.807) is 0 Å². The molecule has 0 saturated heterocycles. The number of hydrogen-bond donors (Lipinski definition) is 1. The minimum atomic E-state index is -1.65. The molecule has 24 heavy (non-hydrogen) atoms. The van der Waals surface area contributed by atoms with Crippen LogP contribution in [0.5, 0.6) is 0 Å². The Kier molecular flexibility index (Phi) is 21.6. The average molecular weight is 363 g/mol. The van der Waals surface area contributed by atoms with E-state index in [9.17, 15) is 4.89 Å². The molecule has 0 aliphatic heterocycles. The first-order valence-corrected chi connectivity index (χ1v) is 11.7. The SMILES string of the molecule is CCCCCCCCCCOP(O)OCCCCCCCCCC. The standard InChI is InChI=1S/C20H43O3P/c1-3-5-7-9-11-13-15-17-19-22-24(21)23-20-18-16-14-12-10-8-6-4-2/h21H,3-20H2,1-2H3. The van der Waals surface area contributed by atoms with Crippen molar-refractivity contribution < 1.29 is 13.9 Å². The molecule has 0 spiro atoms. The Morgan fingerprint density at radius 2 is 0.792 bits per heavy atom. The van der Waals surface area contributed by atoms with Gasteiger partial charge in [0, 0.05) is 0 Å². The second kappa shape index (κ2) is 21.4. The summed E-state index contributed by atoms with van der Waals surface area (Å²) in [5.41, 5.74) is 0. The fraction of sp³-hybridized carbons (Fsp3) is 1.00. The topological polar surface area (TPSA) is 38.7 Å². The summed E-state index contributed by atoms with van der Waals surface area (Å²) in [6.07, 6.45) is 20.6. The minimum absolute atomic E-state index is 0.634. The van der Waals surface area contributed by atoms with Crippen LogP contribution in [0.25, 0.3) is 0 Å². The van der Waals surface area contributed by atoms with E-state index in [-0.39, 0.29) is 0 Å². The summed E-state index contributed by atoms with van der Waals surface area (Å²) < 4.78 is 10.7. The molecular weight excluding hydrogens is 319 g/mol. The van der Waals surface area contributed by atoms with Crippen molar-refractivity contribution in [2.24, 2.45) is 0 Å². The van der Waals surface area contributed by atoms with Gasteiger partial charge in [-0.25, -0.2) is 0 Å². The lowest BCUT2D eigenvalue weighted by Gasteiger charge is -2.10. The van der Waals surface area contributed by atoms with Gasteiger partial charge in [-0.05, 0) is 12.8 Å². The second-order valence-electron chi connectivity index (χ2n) is 6.85. The molecule has 146 valence electrons. The molecular formula is C20H43O3P. The fourth-order valence-electron chi connectivity index (χ4n) is 2.79. The van der Waals surface area contributed by atoms with E-state index in [2.05, 4.69) is 13.8 Å². The van der Waals surface area contributed by atoms with Gasteiger partial charge in [0.2, 0.25) is 0 Å². The molecule has 0 unspecified atom stereocenters. The van der Waals surface area contributed by atoms with Crippen LogP contribution in [0.2, 0.25) is 0 Å². The summed E-state index contributed by atoms with van der Waals surface area (Å²) in [4.78, 5) is 9.67. The predicted octanol–water partition coefficient (Wildman–Crippen LogP) is 7.52. The smallest absolute Gasteiger partial charge is 0.328 e. The maximum Gasteiger partial charge on any atom is 0.329 e. The van der Waals surface area contributed by atoms with Crippen LogP contribution in [0.4, 0.5) is 0 Å². The summed E-state index contributed by atoms with van der Waals surface area (Å²) in [7, 11) is -1.65. The Labute approximate surface area is 152 Å². The van der Waals surface area contributed by atoms with Gasteiger partial charge in [-0.3, -0.25) is 0 Å². The lowest BCUT2D eigenvalue weighted by Crippen LogP contribution is -1.95. The van der Waals surface area contributed by atoms with Gasteiger partial charge in [0.1, 0.15) is 0 Å². The molecule has 0 bridgehead atoms. The van der Waals surface area contributed by atoms with Crippen LogP contribution in [0.3, 0.4) is 0 Å². The normalized spacial score (nSPS) is 11.5. The van der Waals surface area contributed by atoms with Crippen molar-refractivity contribution in [3.63, 3.8) is 0 Å². The summed E-state index contributed by atoms with van der Waals surface area (Å²) in [6.45, 7) is 5.77. The van der Waals surface area contributed by atoms with Crippen molar-refractivity contribution >= 4 is 8.60 Å². The molecule has 1 N–H and O–H groups in total. The zero-order valence-corrected chi connectivity index (χ0v) is 17.3. The van der Waals surface area contributed by atoms with E-state index in [0.29, 0.717) is 13.2 Å². The number of unbranched alkanes of at least 4 members (excludes halogenated alkanes) is 14. The molecule has 0 amide bonds. The van der Waals surface area contributed by atoms with E-state index < -0.39 is 8.60 Å². The van der Waals surface area contributed by atoms with Crippen LogP contribution >= 0.6 is 8.60 Å². The molecule has 4 heteroatoms. The summed E-state index contributed by atoms with van der Waals surface area (Å²) in [5.74, 6) is 0. The van der Waals surface area contributed by atoms with Gasteiger partial charge in [0.15, 0.2) is 0 Å². The maximum absolute atomic E-state index is 9.67. The highest BCUT2D eigenvalue weighted by Crippen LogP contribution is 2.33. The van der Waals surface area contributed by atoms with Gasteiger partial charge < -0.3 is 13.9 Å². The van der Waals surface area contributed by atoms with Gasteiger partial charge in [-0.15, -0.1) is 0 Å². The van der Waals surface area contributed by atoms with Crippen molar-refractivity contribution in [2.45, 2.75) is 117 Å². The molecule has 0 aromatic carbocycles. The quantitative estimate of drug-likeness (QED) is 0.180. The van der Waals surface area contributed by atoms with Crippen LogP contribution in [-0.2, 0) is 9.05 Å². The van der Waals surface area contributed by atoms with Gasteiger partial charge in [-0.1, -0.05) is 104 Å². The molecule has 0 heterocycles. The zero-order valence-electron chi connectivity index (χ0n) is 16.4. The molecule has 0 atom stereocenters. The minimum Gasteiger partial charge on any atom is -0.328 e. The Morgan fingerprint density at radius 3 is 1.12 bits per heavy atom. The van der Waals surface area contributed by atoms with Crippen molar-refractivity contribution in [3.8, 4) is 0 Å². The fourth-order valence-corrected chi connectivity index (χ4v) is 3.44. The van der Waals surface area contributed by atoms with E-state index in [4.69, 9.17) is 9.05 Å². The zero-order chi connectivity index (χ0) is 17.7. The van der Waals surface area contributed by atoms with Crippen molar-refractivity contribution in [3.05, 3.63) is 0 Å². The average Bonchev–Trinajstić information content (AvgIpc) is 2.59. The van der Waals surface area contributed by atoms with Crippen LogP contribution in [0.15, 0.2) is 0 Å². The third-order valence-corrected chi connectivity index (χ3v) is 5.21. The molecule has 0 aliphatic rings. The Balaban J connectivity index is 3.12. The van der Waals surface area contributed by atoms with Crippen molar-refractivity contribution in [1.29, 1.82) is 0 Å². The lowest BCUT2D eigenvalue weighted by atomic mass is 10.1. The molecule has 0 fully saturated rings. The summed E-state index contributed by atoms with van der Waals surface area (Å²) >= 11 is 0. The van der Waals surface area contributed by atoms with E-state index in [0.717, 1.165) is 12.8 Å².